The zero-order valence-electron chi connectivity index (χ0n) is 20.2. The molecule has 2 heterocycles. The average Bonchev–Trinajstić information content (AvgIpc) is 2.90. The number of nitrogens with one attached hydrogen (secondary N) is 1. The summed E-state index contributed by atoms with van der Waals surface area (Å²) < 4.78 is 5.65. The van der Waals surface area contributed by atoms with Crippen LogP contribution in [0, 0.1) is 5.92 Å². The number of benzene rings is 2. The number of likely N-dealkylation sites (tertiary alicyclic amines) is 2. The second-order valence-electron chi connectivity index (χ2n) is 9.44. The van der Waals surface area contributed by atoms with Crippen molar-refractivity contribution < 1.29 is 14.3 Å². The molecule has 182 valence electrons. The summed E-state index contributed by atoms with van der Waals surface area (Å²) in [5, 5.41) is 3.23. The molecule has 2 aliphatic rings. The van der Waals surface area contributed by atoms with Crippen molar-refractivity contribution in [1.29, 1.82) is 0 Å². The molecular weight excluding hydrogens is 426 g/mol. The molecule has 2 atom stereocenters. The summed E-state index contributed by atoms with van der Waals surface area (Å²) in [4.78, 5) is 30.4. The number of hydrogen-bond acceptors (Lipinski definition) is 4. The summed E-state index contributed by atoms with van der Waals surface area (Å²) in [6.45, 7) is 3.84. The zero-order chi connectivity index (χ0) is 23.8. The molecule has 6 heteroatoms. The van der Waals surface area contributed by atoms with E-state index in [1.54, 1.807) is 7.11 Å². The van der Waals surface area contributed by atoms with Gasteiger partial charge in [0.05, 0.1) is 25.5 Å². The van der Waals surface area contributed by atoms with Crippen LogP contribution in [-0.2, 0) is 16.0 Å². The Morgan fingerprint density at radius 1 is 0.971 bits per heavy atom. The third kappa shape index (κ3) is 6.17. The van der Waals surface area contributed by atoms with Crippen LogP contribution in [0.4, 0.5) is 0 Å². The molecule has 2 aromatic carbocycles. The van der Waals surface area contributed by atoms with E-state index in [-0.39, 0.29) is 23.8 Å². The molecule has 2 aliphatic heterocycles. The van der Waals surface area contributed by atoms with E-state index in [0.717, 1.165) is 49.4 Å². The molecule has 2 amide bonds. The molecule has 34 heavy (non-hydrogen) atoms. The summed E-state index contributed by atoms with van der Waals surface area (Å²) in [5.74, 6) is 0.855. The van der Waals surface area contributed by atoms with Crippen molar-refractivity contribution in [3.8, 4) is 5.75 Å². The Balaban J connectivity index is 1.38. The highest BCUT2D eigenvalue weighted by Crippen LogP contribution is 2.31. The van der Waals surface area contributed by atoms with Gasteiger partial charge < -0.3 is 15.0 Å². The number of carbonyl (C=O) groups excluding carboxylic acids is 2. The summed E-state index contributed by atoms with van der Waals surface area (Å²) in [5.41, 5.74) is 2.13. The molecule has 0 bridgehead atoms. The number of methoxy groups -OCH3 is 1. The lowest BCUT2D eigenvalue weighted by Gasteiger charge is -2.36. The maximum absolute atomic E-state index is 13.2. The van der Waals surface area contributed by atoms with Crippen LogP contribution in [0.3, 0.4) is 0 Å². The van der Waals surface area contributed by atoms with Crippen molar-refractivity contribution in [3.63, 3.8) is 0 Å². The maximum Gasteiger partial charge on any atom is 0.227 e. The van der Waals surface area contributed by atoms with Gasteiger partial charge >= 0.3 is 0 Å². The first-order chi connectivity index (χ1) is 16.7. The van der Waals surface area contributed by atoms with Gasteiger partial charge in [-0.05, 0) is 50.4 Å². The first-order valence-electron chi connectivity index (χ1n) is 12.6. The summed E-state index contributed by atoms with van der Waals surface area (Å²) >= 11 is 0. The van der Waals surface area contributed by atoms with Crippen molar-refractivity contribution >= 4 is 11.8 Å². The van der Waals surface area contributed by atoms with Gasteiger partial charge in [0, 0.05) is 25.2 Å². The second kappa shape index (κ2) is 12.0. The van der Waals surface area contributed by atoms with Crippen molar-refractivity contribution in [3.05, 3.63) is 65.7 Å². The fourth-order valence-electron chi connectivity index (χ4n) is 5.25. The molecule has 0 spiro atoms. The van der Waals surface area contributed by atoms with Crippen molar-refractivity contribution in [2.75, 3.05) is 39.8 Å². The van der Waals surface area contributed by atoms with Crippen molar-refractivity contribution in [2.24, 2.45) is 5.92 Å². The number of piperidine rings is 2. The van der Waals surface area contributed by atoms with Gasteiger partial charge in [0.1, 0.15) is 5.75 Å². The molecule has 0 saturated carbocycles. The minimum Gasteiger partial charge on any atom is -0.496 e. The molecule has 6 nitrogen and oxygen atoms in total. The number of ether oxygens (including phenoxy) is 1. The van der Waals surface area contributed by atoms with E-state index in [0.29, 0.717) is 19.5 Å². The highest BCUT2D eigenvalue weighted by Gasteiger charge is 2.30. The third-order valence-electron chi connectivity index (χ3n) is 7.14. The van der Waals surface area contributed by atoms with Gasteiger partial charge in [-0.25, -0.2) is 0 Å². The number of nitrogens with zero attached hydrogens (tertiary/aromatic N) is 2. The molecular formula is C28H37N3O3. The van der Waals surface area contributed by atoms with Gasteiger partial charge in [0.25, 0.3) is 0 Å². The van der Waals surface area contributed by atoms with E-state index in [2.05, 4.69) is 16.3 Å². The van der Waals surface area contributed by atoms with E-state index in [9.17, 15) is 9.59 Å². The van der Waals surface area contributed by atoms with Crippen molar-refractivity contribution in [1.82, 2.24) is 15.1 Å². The first kappa shape index (κ1) is 24.3. The molecule has 0 aliphatic carbocycles. The largest absolute Gasteiger partial charge is 0.496 e. The minimum atomic E-state index is -0.159. The number of rotatable bonds is 8. The van der Waals surface area contributed by atoms with Crippen LogP contribution < -0.4 is 10.1 Å². The number of carbonyl (C=O) groups is 2. The van der Waals surface area contributed by atoms with E-state index >= 15 is 0 Å². The zero-order valence-corrected chi connectivity index (χ0v) is 20.2. The van der Waals surface area contributed by atoms with Crippen LogP contribution in [0.2, 0.25) is 0 Å². The van der Waals surface area contributed by atoms with E-state index in [1.807, 2.05) is 53.4 Å². The molecule has 2 aromatic rings. The Morgan fingerprint density at radius 3 is 2.47 bits per heavy atom. The van der Waals surface area contributed by atoms with Gasteiger partial charge in [-0.15, -0.1) is 0 Å². The van der Waals surface area contributed by atoms with Crippen LogP contribution in [0.5, 0.6) is 5.75 Å². The van der Waals surface area contributed by atoms with Crippen LogP contribution in [0.1, 0.15) is 49.3 Å². The maximum atomic E-state index is 13.2. The molecule has 2 fully saturated rings. The van der Waals surface area contributed by atoms with Crippen LogP contribution in [0.15, 0.2) is 54.6 Å². The summed E-state index contributed by atoms with van der Waals surface area (Å²) in [6.07, 6.45) is 5.70. The topological polar surface area (TPSA) is 61.9 Å². The molecule has 1 N–H and O–H groups in total. The Labute approximate surface area is 203 Å². The van der Waals surface area contributed by atoms with Gasteiger partial charge in [-0.3, -0.25) is 14.5 Å². The lowest BCUT2D eigenvalue weighted by Crippen LogP contribution is -2.47. The average molecular weight is 464 g/mol. The predicted molar refractivity (Wildman–Crippen MR) is 134 cm³/mol. The Hall–Kier alpha value is -2.86. The first-order valence-corrected chi connectivity index (χ1v) is 12.6. The second-order valence-corrected chi connectivity index (χ2v) is 9.44. The monoisotopic (exact) mass is 463 g/mol. The smallest absolute Gasteiger partial charge is 0.227 e. The van der Waals surface area contributed by atoms with E-state index in [1.165, 1.54) is 19.3 Å². The third-order valence-corrected chi connectivity index (χ3v) is 7.14. The molecule has 2 saturated heterocycles. The Morgan fingerprint density at radius 2 is 1.71 bits per heavy atom. The van der Waals surface area contributed by atoms with E-state index < -0.39 is 0 Å². The minimum absolute atomic E-state index is 0.0501. The number of para-hydroxylation sites is 1. The lowest BCUT2D eigenvalue weighted by atomic mass is 9.95. The SMILES string of the molecule is COc1ccccc1C(CNC(=O)C1CCCN(C(=O)Cc2ccccc2)C1)N1CCCCC1. The fourth-order valence-corrected chi connectivity index (χ4v) is 5.25. The molecule has 0 aromatic heterocycles. The number of amides is 2. The molecule has 0 radical (unpaired) electrons. The van der Waals surface area contributed by atoms with E-state index in [4.69, 9.17) is 4.74 Å². The summed E-state index contributed by atoms with van der Waals surface area (Å²) in [7, 11) is 1.70. The Bertz CT molecular complexity index is 943. The highest BCUT2D eigenvalue weighted by atomic mass is 16.5. The van der Waals surface area contributed by atoms with Crippen LogP contribution in [-0.4, -0.2) is 61.4 Å². The standard InChI is InChI=1S/C28H37N3O3/c1-34-26-15-7-6-14-24(26)25(30-16-8-3-9-17-30)20-29-28(33)23-13-10-18-31(21-23)27(32)19-22-11-4-2-5-12-22/h2,4-7,11-12,14-15,23,25H,3,8-10,13,16-21H2,1H3,(H,29,33). The summed E-state index contributed by atoms with van der Waals surface area (Å²) in [6, 6.07) is 18.0. The lowest BCUT2D eigenvalue weighted by molar-refractivity contribution is -0.135. The molecule has 2 unspecified atom stereocenters. The quantitative estimate of drug-likeness (QED) is 0.647. The fraction of sp³-hybridized carbons (Fsp3) is 0.500. The van der Waals surface area contributed by atoms with Gasteiger partial charge in [0.15, 0.2) is 0 Å². The highest BCUT2D eigenvalue weighted by molar-refractivity contribution is 5.82. The van der Waals surface area contributed by atoms with Crippen LogP contribution in [0.25, 0.3) is 0 Å². The molecule has 4 rings (SSSR count). The van der Waals surface area contributed by atoms with Gasteiger partial charge in [0.2, 0.25) is 11.8 Å². The number of hydrogen-bond donors (Lipinski definition) is 1. The Kier molecular flexibility index (Phi) is 8.58. The predicted octanol–water partition coefficient (Wildman–Crippen LogP) is 3.82. The normalized spacial score (nSPS) is 19.9. The van der Waals surface area contributed by atoms with Gasteiger partial charge in [-0.2, -0.15) is 0 Å². The van der Waals surface area contributed by atoms with Gasteiger partial charge in [-0.1, -0.05) is 55.0 Å². The van der Waals surface area contributed by atoms with Crippen molar-refractivity contribution in [2.45, 2.75) is 44.6 Å². The van der Waals surface area contributed by atoms with Crippen LogP contribution >= 0.6 is 0 Å².